The van der Waals surface area contributed by atoms with E-state index in [4.69, 9.17) is 30.6 Å². The summed E-state index contributed by atoms with van der Waals surface area (Å²) in [4.78, 5) is 64.6. The molecule has 0 spiro atoms. The predicted octanol–water partition coefficient (Wildman–Crippen LogP) is 2.72. The molecule has 0 aliphatic rings. The van der Waals surface area contributed by atoms with Crippen LogP contribution >= 0.6 is 0 Å². The second kappa shape index (κ2) is 9.91. The molecule has 0 amide bonds. The van der Waals surface area contributed by atoms with Gasteiger partial charge in [0.05, 0.1) is 33.4 Å². The molecule has 0 aromatic heterocycles. The fraction of sp³-hybridized carbons (Fsp3) is 0. The standard InChI is InChI=1S/C13H8O6.C9H6O6/c14-11(15)6-1-2-9-7(3-6)4-8(12(16)17)5-10(9)13(18)19;10-7(11)4-1-2-5(8(12)13)6(3-4)9(14)15/h1-5H,(H,14,15)(H,16,17)(H,18,19);1-3H,(H,10,11)(H,12,13)(H,14,15). The zero-order chi connectivity index (χ0) is 25.7. The van der Waals surface area contributed by atoms with Crippen LogP contribution in [0.1, 0.15) is 62.1 Å². The Balaban J connectivity index is 0.000000248. The van der Waals surface area contributed by atoms with Gasteiger partial charge in [-0.15, -0.1) is 0 Å². The van der Waals surface area contributed by atoms with Crippen LogP contribution in [0.2, 0.25) is 0 Å². The van der Waals surface area contributed by atoms with E-state index in [0.29, 0.717) is 5.39 Å². The maximum Gasteiger partial charge on any atom is 0.336 e. The van der Waals surface area contributed by atoms with Crippen LogP contribution in [0.5, 0.6) is 0 Å². The molecule has 34 heavy (non-hydrogen) atoms. The first-order valence-electron chi connectivity index (χ1n) is 8.95. The number of fused-ring (bicyclic) bond motifs is 1. The first-order chi connectivity index (χ1) is 15.8. The number of carbonyl (C=O) groups is 6. The number of hydrogen-bond acceptors (Lipinski definition) is 6. The van der Waals surface area contributed by atoms with Gasteiger partial charge >= 0.3 is 35.8 Å². The monoisotopic (exact) mass is 470 g/mol. The van der Waals surface area contributed by atoms with Gasteiger partial charge in [0.15, 0.2) is 0 Å². The van der Waals surface area contributed by atoms with Crippen LogP contribution in [0.15, 0.2) is 48.5 Å². The Morgan fingerprint density at radius 3 is 1.29 bits per heavy atom. The molecule has 12 heteroatoms. The Bertz CT molecular complexity index is 1360. The van der Waals surface area contributed by atoms with Crippen LogP contribution in [0.25, 0.3) is 10.8 Å². The second-order valence-corrected chi connectivity index (χ2v) is 6.55. The van der Waals surface area contributed by atoms with E-state index >= 15 is 0 Å². The highest BCUT2D eigenvalue weighted by Crippen LogP contribution is 2.23. The Morgan fingerprint density at radius 2 is 0.824 bits per heavy atom. The third-order valence-corrected chi connectivity index (χ3v) is 4.40. The Hall–Kier alpha value is -5.26. The van der Waals surface area contributed by atoms with E-state index in [2.05, 4.69) is 0 Å². The molecule has 3 rings (SSSR count). The molecule has 0 fully saturated rings. The third-order valence-electron chi connectivity index (χ3n) is 4.40. The van der Waals surface area contributed by atoms with Gasteiger partial charge in [0, 0.05) is 0 Å². The summed E-state index contributed by atoms with van der Waals surface area (Å²) in [5, 5.41) is 53.3. The molecule has 0 heterocycles. The van der Waals surface area contributed by atoms with Crippen LogP contribution in [-0.2, 0) is 0 Å². The smallest absolute Gasteiger partial charge is 0.336 e. The van der Waals surface area contributed by atoms with Gasteiger partial charge in [0.25, 0.3) is 0 Å². The van der Waals surface area contributed by atoms with E-state index in [1.54, 1.807) is 0 Å². The molecule has 6 N–H and O–H groups in total. The van der Waals surface area contributed by atoms with E-state index in [0.717, 1.165) is 24.3 Å². The summed E-state index contributed by atoms with van der Waals surface area (Å²) in [5.74, 6) is -7.91. The second-order valence-electron chi connectivity index (χ2n) is 6.55. The third kappa shape index (κ3) is 5.50. The Morgan fingerprint density at radius 1 is 0.412 bits per heavy atom. The van der Waals surface area contributed by atoms with Crippen molar-refractivity contribution in [1.82, 2.24) is 0 Å². The zero-order valence-electron chi connectivity index (χ0n) is 16.8. The fourth-order valence-corrected chi connectivity index (χ4v) is 2.84. The van der Waals surface area contributed by atoms with Crippen LogP contribution < -0.4 is 0 Å². The lowest BCUT2D eigenvalue weighted by Gasteiger charge is -2.06. The van der Waals surface area contributed by atoms with Crippen LogP contribution in [-0.4, -0.2) is 66.5 Å². The normalized spacial score (nSPS) is 10.0. The number of carboxylic acids is 6. The minimum atomic E-state index is -1.48. The predicted molar refractivity (Wildman–Crippen MR) is 112 cm³/mol. The van der Waals surface area contributed by atoms with Gasteiger partial charge in [-0.2, -0.15) is 0 Å². The van der Waals surface area contributed by atoms with Gasteiger partial charge in [0.2, 0.25) is 0 Å². The molecule has 174 valence electrons. The topological polar surface area (TPSA) is 224 Å². The maximum atomic E-state index is 11.1. The molecule has 12 nitrogen and oxygen atoms in total. The van der Waals surface area contributed by atoms with Gasteiger partial charge in [-0.25, -0.2) is 28.8 Å². The number of benzene rings is 3. The Labute approximate surface area is 188 Å². The SMILES string of the molecule is O=C(O)c1ccc(C(=O)O)c(C(=O)O)c1.O=C(O)c1ccc2c(C(=O)O)cc(C(=O)O)cc2c1. The molecule has 0 aliphatic heterocycles. The molecule has 0 saturated carbocycles. The number of carboxylic acid groups (broad SMARTS) is 6. The van der Waals surface area contributed by atoms with E-state index in [-0.39, 0.29) is 27.6 Å². The molecular weight excluding hydrogens is 456 g/mol. The average molecular weight is 470 g/mol. The summed E-state index contributed by atoms with van der Waals surface area (Å²) in [5.41, 5.74) is -1.65. The number of hydrogen-bond donors (Lipinski definition) is 6. The highest BCUT2D eigenvalue weighted by atomic mass is 16.4. The van der Waals surface area contributed by atoms with Crippen molar-refractivity contribution >= 4 is 46.6 Å². The van der Waals surface area contributed by atoms with Crippen LogP contribution in [0.4, 0.5) is 0 Å². The van der Waals surface area contributed by atoms with Gasteiger partial charge in [-0.05, 0) is 53.2 Å². The molecule has 3 aromatic carbocycles. The summed E-state index contributed by atoms with van der Waals surface area (Å²) in [6.07, 6.45) is 0. The molecule has 0 atom stereocenters. The molecule has 0 bridgehead atoms. The molecule has 0 radical (unpaired) electrons. The minimum absolute atomic E-state index is 0.0358. The Kier molecular flexibility index (Phi) is 7.29. The number of aromatic carboxylic acids is 6. The molecule has 0 unspecified atom stereocenters. The number of rotatable bonds is 6. The average Bonchev–Trinajstić information content (AvgIpc) is 2.77. The van der Waals surface area contributed by atoms with Crippen molar-refractivity contribution in [2.75, 3.05) is 0 Å². The van der Waals surface area contributed by atoms with E-state index in [9.17, 15) is 28.8 Å². The quantitative estimate of drug-likeness (QED) is 0.306. The molecule has 0 aliphatic carbocycles. The van der Waals surface area contributed by atoms with E-state index < -0.39 is 46.9 Å². The fourth-order valence-electron chi connectivity index (χ4n) is 2.84. The zero-order valence-corrected chi connectivity index (χ0v) is 16.8. The lowest BCUT2D eigenvalue weighted by atomic mass is 9.99. The van der Waals surface area contributed by atoms with Crippen molar-refractivity contribution in [1.29, 1.82) is 0 Å². The van der Waals surface area contributed by atoms with Crippen LogP contribution in [0.3, 0.4) is 0 Å². The van der Waals surface area contributed by atoms with Crippen molar-refractivity contribution < 1.29 is 59.4 Å². The van der Waals surface area contributed by atoms with Gasteiger partial charge in [0.1, 0.15) is 0 Å². The van der Waals surface area contributed by atoms with Crippen molar-refractivity contribution in [3.05, 3.63) is 81.9 Å². The van der Waals surface area contributed by atoms with Crippen molar-refractivity contribution in [3.8, 4) is 0 Å². The van der Waals surface area contributed by atoms with Gasteiger partial charge < -0.3 is 30.6 Å². The van der Waals surface area contributed by atoms with Crippen molar-refractivity contribution in [2.45, 2.75) is 0 Å². The lowest BCUT2D eigenvalue weighted by Crippen LogP contribution is -2.10. The summed E-state index contributed by atoms with van der Waals surface area (Å²) in [6, 6.07) is 8.98. The summed E-state index contributed by atoms with van der Waals surface area (Å²) >= 11 is 0. The summed E-state index contributed by atoms with van der Waals surface area (Å²) in [6.45, 7) is 0. The largest absolute Gasteiger partial charge is 0.478 e. The van der Waals surface area contributed by atoms with E-state index in [1.807, 2.05) is 0 Å². The summed E-state index contributed by atoms with van der Waals surface area (Å²) < 4.78 is 0. The maximum absolute atomic E-state index is 11.1. The molecule has 0 saturated heterocycles. The summed E-state index contributed by atoms with van der Waals surface area (Å²) in [7, 11) is 0. The van der Waals surface area contributed by atoms with Gasteiger partial charge in [-0.3, -0.25) is 0 Å². The van der Waals surface area contributed by atoms with Crippen molar-refractivity contribution in [3.63, 3.8) is 0 Å². The minimum Gasteiger partial charge on any atom is -0.478 e. The first kappa shape index (κ1) is 25.0. The van der Waals surface area contributed by atoms with E-state index in [1.165, 1.54) is 24.3 Å². The van der Waals surface area contributed by atoms with Crippen molar-refractivity contribution in [2.24, 2.45) is 0 Å². The molecule has 3 aromatic rings. The lowest BCUT2D eigenvalue weighted by molar-refractivity contribution is 0.0649. The van der Waals surface area contributed by atoms with Gasteiger partial charge in [-0.1, -0.05) is 6.07 Å². The highest BCUT2D eigenvalue weighted by Gasteiger charge is 2.18. The first-order valence-corrected chi connectivity index (χ1v) is 8.95. The highest BCUT2D eigenvalue weighted by molar-refractivity contribution is 6.08. The molecular formula is C22H14O12. The van der Waals surface area contributed by atoms with Crippen LogP contribution in [0, 0.1) is 0 Å².